The van der Waals surface area contributed by atoms with Crippen LogP contribution in [-0.4, -0.2) is 37.6 Å². The van der Waals surface area contributed by atoms with Crippen molar-refractivity contribution in [2.45, 2.75) is 32.2 Å². The lowest BCUT2D eigenvalue weighted by Crippen LogP contribution is -2.49. The van der Waals surface area contributed by atoms with E-state index in [9.17, 15) is 9.59 Å². The number of amides is 2. The van der Waals surface area contributed by atoms with E-state index in [-0.39, 0.29) is 23.8 Å². The summed E-state index contributed by atoms with van der Waals surface area (Å²) in [5, 5.41) is 6.00. The van der Waals surface area contributed by atoms with Gasteiger partial charge < -0.3 is 10.6 Å². The molecule has 1 unspecified atom stereocenters. The van der Waals surface area contributed by atoms with Gasteiger partial charge in [-0.15, -0.1) is 0 Å². The largest absolute Gasteiger partial charge is 0.342 e. The second kappa shape index (κ2) is 5.01. The van der Waals surface area contributed by atoms with Gasteiger partial charge in [0.25, 0.3) is 5.91 Å². The SMILES string of the molecule is CCCC1(C(=O)N[C@@H]2CONC2=O)CCNC1. The zero-order chi connectivity index (χ0) is 12.3. The molecule has 2 fully saturated rings. The van der Waals surface area contributed by atoms with E-state index in [1.165, 1.54) is 0 Å². The molecule has 2 saturated heterocycles. The highest BCUT2D eigenvalue weighted by Gasteiger charge is 2.42. The van der Waals surface area contributed by atoms with E-state index in [1.54, 1.807) is 0 Å². The van der Waals surface area contributed by atoms with Gasteiger partial charge in [-0.25, -0.2) is 5.48 Å². The van der Waals surface area contributed by atoms with Gasteiger partial charge in [0.2, 0.25) is 5.91 Å². The molecule has 0 bridgehead atoms. The summed E-state index contributed by atoms with van der Waals surface area (Å²) in [5.74, 6) is -0.300. The van der Waals surface area contributed by atoms with Gasteiger partial charge in [-0.3, -0.25) is 14.4 Å². The smallest absolute Gasteiger partial charge is 0.268 e. The molecule has 2 rings (SSSR count). The lowest BCUT2D eigenvalue weighted by Gasteiger charge is -2.27. The molecule has 3 N–H and O–H groups in total. The fourth-order valence-electron chi connectivity index (χ4n) is 2.50. The Kier molecular flexibility index (Phi) is 3.63. The molecule has 0 aliphatic carbocycles. The molecule has 0 saturated carbocycles. The van der Waals surface area contributed by atoms with E-state index >= 15 is 0 Å². The molecule has 2 aliphatic heterocycles. The molecule has 2 amide bonds. The summed E-state index contributed by atoms with van der Waals surface area (Å²) in [7, 11) is 0. The first-order valence-corrected chi connectivity index (χ1v) is 6.11. The Balaban J connectivity index is 1.99. The monoisotopic (exact) mass is 241 g/mol. The summed E-state index contributed by atoms with van der Waals surface area (Å²) in [6, 6.07) is -0.545. The van der Waals surface area contributed by atoms with Crippen molar-refractivity contribution in [3.05, 3.63) is 0 Å². The van der Waals surface area contributed by atoms with Crippen LogP contribution in [0.5, 0.6) is 0 Å². The molecule has 6 nitrogen and oxygen atoms in total. The van der Waals surface area contributed by atoms with E-state index in [1.807, 2.05) is 0 Å². The molecule has 0 aromatic rings. The molecule has 0 aromatic carbocycles. The maximum Gasteiger partial charge on any atom is 0.268 e. The maximum absolute atomic E-state index is 12.3. The lowest BCUT2D eigenvalue weighted by atomic mass is 9.81. The first-order chi connectivity index (χ1) is 8.18. The van der Waals surface area contributed by atoms with Gasteiger partial charge >= 0.3 is 0 Å². The Morgan fingerprint density at radius 2 is 2.47 bits per heavy atom. The van der Waals surface area contributed by atoms with Crippen LogP contribution in [0.1, 0.15) is 26.2 Å². The summed E-state index contributed by atoms with van der Waals surface area (Å²) in [6.07, 6.45) is 2.64. The van der Waals surface area contributed by atoms with Crippen LogP contribution < -0.4 is 16.1 Å². The number of hydrogen-bond donors (Lipinski definition) is 3. The van der Waals surface area contributed by atoms with Crippen LogP contribution in [0.3, 0.4) is 0 Å². The van der Waals surface area contributed by atoms with Gasteiger partial charge in [0.05, 0.1) is 5.41 Å². The number of hydrogen-bond acceptors (Lipinski definition) is 4. The Bertz CT molecular complexity index is 313. The third kappa shape index (κ3) is 2.42. The molecule has 2 heterocycles. The number of nitrogens with one attached hydrogen (secondary N) is 3. The van der Waals surface area contributed by atoms with E-state index in [4.69, 9.17) is 4.84 Å². The summed E-state index contributed by atoms with van der Waals surface area (Å²) in [6.45, 7) is 3.83. The molecule has 2 aliphatic rings. The zero-order valence-corrected chi connectivity index (χ0v) is 10.0. The highest BCUT2D eigenvalue weighted by molar-refractivity contribution is 5.90. The third-order valence-electron chi connectivity index (χ3n) is 3.50. The van der Waals surface area contributed by atoms with Crippen LogP contribution >= 0.6 is 0 Å². The lowest BCUT2D eigenvalue weighted by molar-refractivity contribution is -0.134. The zero-order valence-electron chi connectivity index (χ0n) is 10.0. The fourth-order valence-corrected chi connectivity index (χ4v) is 2.50. The van der Waals surface area contributed by atoms with Gasteiger partial charge in [-0.2, -0.15) is 0 Å². The van der Waals surface area contributed by atoms with Gasteiger partial charge in [-0.05, 0) is 19.4 Å². The van der Waals surface area contributed by atoms with Gasteiger partial charge in [0.1, 0.15) is 12.6 Å². The van der Waals surface area contributed by atoms with Crippen molar-refractivity contribution in [2.75, 3.05) is 19.7 Å². The van der Waals surface area contributed by atoms with Crippen LogP contribution in [0.4, 0.5) is 0 Å². The minimum absolute atomic E-state index is 0.0324. The first kappa shape index (κ1) is 12.3. The molecule has 6 heteroatoms. The fraction of sp³-hybridized carbons (Fsp3) is 0.818. The van der Waals surface area contributed by atoms with E-state index in [0.717, 1.165) is 25.8 Å². The predicted molar refractivity (Wildman–Crippen MR) is 60.9 cm³/mol. The molecule has 96 valence electrons. The van der Waals surface area contributed by atoms with Gasteiger partial charge in [0.15, 0.2) is 0 Å². The summed E-state index contributed by atoms with van der Waals surface area (Å²) < 4.78 is 0. The quantitative estimate of drug-likeness (QED) is 0.609. The summed E-state index contributed by atoms with van der Waals surface area (Å²) in [5.41, 5.74) is 1.89. The van der Waals surface area contributed by atoms with Crippen LogP contribution in [0.25, 0.3) is 0 Å². The van der Waals surface area contributed by atoms with Gasteiger partial charge in [0, 0.05) is 6.54 Å². The third-order valence-corrected chi connectivity index (χ3v) is 3.50. The first-order valence-electron chi connectivity index (χ1n) is 6.11. The molecule has 0 spiro atoms. The average molecular weight is 241 g/mol. The highest BCUT2D eigenvalue weighted by Crippen LogP contribution is 2.31. The topological polar surface area (TPSA) is 79.5 Å². The van der Waals surface area contributed by atoms with Crippen LogP contribution in [0, 0.1) is 5.41 Å². The second-order valence-electron chi connectivity index (χ2n) is 4.76. The van der Waals surface area contributed by atoms with Crippen molar-refractivity contribution >= 4 is 11.8 Å². The normalized spacial score (nSPS) is 32.5. The van der Waals surface area contributed by atoms with E-state index in [0.29, 0.717) is 6.54 Å². The Labute approximate surface area is 100 Å². The Hall–Kier alpha value is -1.14. The molecule has 2 atom stereocenters. The number of carbonyl (C=O) groups is 2. The van der Waals surface area contributed by atoms with Crippen LogP contribution in [0.2, 0.25) is 0 Å². The average Bonchev–Trinajstić information content (AvgIpc) is 2.91. The minimum Gasteiger partial charge on any atom is -0.342 e. The van der Waals surface area contributed by atoms with E-state index < -0.39 is 6.04 Å². The molecule has 0 aromatic heterocycles. The number of carbonyl (C=O) groups excluding carboxylic acids is 2. The number of hydroxylamine groups is 1. The minimum atomic E-state index is -0.545. The summed E-state index contributed by atoms with van der Waals surface area (Å²) in [4.78, 5) is 28.4. The highest BCUT2D eigenvalue weighted by atomic mass is 16.7. The van der Waals surface area contributed by atoms with Crippen molar-refractivity contribution in [3.63, 3.8) is 0 Å². The standard InChI is InChI=1S/C11H19N3O3/c1-2-3-11(4-5-12-7-11)10(16)13-8-6-17-14-9(8)15/h8,12H,2-7H2,1H3,(H,13,16)(H,14,15)/t8-,11?/m1/s1. The molecular formula is C11H19N3O3. The van der Waals surface area contributed by atoms with Crippen molar-refractivity contribution in [2.24, 2.45) is 5.41 Å². The molecule has 0 radical (unpaired) electrons. The Morgan fingerprint density at radius 3 is 3.00 bits per heavy atom. The maximum atomic E-state index is 12.3. The predicted octanol–water partition coefficient (Wildman–Crippen LogP) is -0.688. The molecule has 17 heavy (non-hydrogen) atoms. The van der Waals surface area contributed by atoms with Crippen molar-refractivity contribution in [1.29, 1.82) is 0 Å². The van der Waals surface area contributed by atoms with Crippen LogP contribution in [-0.2, 0) is 14.4 Å². The van der Waals surface area contributed by atoms with Gasteiger partial charge in [-0.1, -0.05) is 13.3 Å². The summed E-state index contributed by atoms with van der Waals surface area (Å²) >= 11 is 0. The number of rotatable bonds is 4. The van der Waals surface area contributed by atoms with Crippen molar-refractivity contribution < 1.29 is 14.4 Å². The van der Waals surface area contributed by atoms with Crippen molar-refractivity contribution in [1.82, 2.24) is 16.1 Å². The van der Waals surface area contributed by atoms with Crippen LogP contribution in [0.15, 0.2) is 0 Å². The van der Waals surface area contributed by atoms with E-state index in [2.05, 4.69) is 23.0 Å². The van der Waals surface area contributed by atoms with Crippen molar-refractivity contribution in [3.8, 4) is 0 Å². The second-order valence-corrected chi connectivity index (χ2v) is 4.76. The Morgan fingerprint density at radius 1 is 1.65 bits per heavy atom. The molecular weight excluding hydrogens is 222 g/mol.